The van der Waals surface area contributed by atoms with Crippen LogP contribution in [0.2, 0.25) is 0 Å². The van der Waals surface area contributed by atoms with Gasteiger partial charge in [0.1, 0.15) is 11.9 Å². The number of hydrogen-bond acceptors (Lipinski definition) is 3. The number of aliphatic hydroxyl groups is 2. The molecule has 2 atom stereocenters. The SMILES string of the molecule is CCC(O)C(O)Oc1ccc(Br)cc1. The van der Waals surface area contributed by atoms with E-state index in [4.69, 9.17) is 4.74 Å². The first-order valence-corrected chi connectivity index (χ1v) is 5.21. The molecule has 0 heterocycles. The molecule has 0 radical (unpaired) electrons. The highest BCUT2D eigenvalue weighted by Gasteiger charge is 2.15. The first-order chi connectivity index (χ1) is 6.63. The molecule has 1 aromatic rings. The van der Waals surface area contributed by atoms with E-state index in [0.717, 1.165) is 4.47 Å². The van der Waals surface area contributed by atoms with Gasteiger partial charge in [0.05, 0.1) is 0 Å². The molecule has 1 aromatic carbocycles. The Morgan fingerprint density at radius 1 is 1.29 bits per heavy atom. The molecule has 3 nitrogen and oxygen atoms in total. The Bertz CT molecular complexity index is 273. The van der Waals surface area contributed by atoms with Gasteiger partial charge in [-0.05, 0) is 30.7 Å². The lowest BCUT2D eigenvalue weighted by Crippen LogP contribution is -2.30. The Morgan fingerprint density at radius 2 is 1.86 bits per heavy atom. The summed E-state index contributed by atoms with van der Waals surface area (Å²) in [6.45, 7) is 1.78. The van der Waals surface area contributed by atoms with E-state index in [0.29, 0.717) is 12.2 Å². The first kappa shape index (κ1) is 11.5. The summed E-state index contributed by atoms with van der Waals surface area (Å²) in [7, 11) is 0. The van der Waals surface area contributed by atoms with E-state index in [1.807, 2.05) is 0 Å². The number of aliphatic hydroxyl groups excluding tert-OH is 2. The molecule has 14 heavy (non-hydrogen) atoms. The lowest BCUT2D eigenvalue weighted by atomic mass is 10.3. The maximum atomic E-state index is 9.36. The predicted molar refractivity (Wildman–Crippen MR) is 57.1 cm³/mol. The molecular weight excluding hydrogens is 248 g/mol. The number of rotatable bonds is 4. The second kappa shape index (κ2) is 5.34. The lowest BCUT2D eigenvalue weighted by molar-refractivity contribution is -0.104. The molecule has 0 aromatic heterocycles. The predicted octanol–water partition coefficient (Wildman–Crippen LogP) is 1.92. The summed E-state index contributed by atoms with van der Waals surface area (Å²) in [5, 5.41) is 18.6. The molecule has 1 rings (SSSR count). The highest BCUT2D eigenvalue weighted by atomic mass is 79.9. The minimum absolute atomic E-state index is 0.456. The van der Waals surface area contributed by atoms with Crippen LogP contribution >= 0.6 is 15.9 Å². The second-order valence-electron chi connectivity index (χ2n) is 2.94. The molecule has 0 saturated heterocycles. The highest BCUT2D eigenvalue weighted by Crippen LogP contribution is 2.17. The van der Waals surface area contributed by atoms with Crippen molar-refractivity contribution in [2.75, 3.05) is 0 Å². The van der Waals surface area contributed by atoms with Gasteiger partial charge in [0.25, 0.3) is 0 Å². The Hall–Kier alpha value is -0.580. The fourth-order valence-corrected chi connectivity index (χ4v) is 1.20. The van der Waals surface area contributed by atoms with Crippen LogP contribution < -0.4 is 4.74 Å². The summed E-state index contributed by atoms with van der Waals surface area (Å²) in [5.41, 5.74) is 0. The molecule has 0 bridgehead atoms. The summed E-state index contributed by atoms with van der Waals surface area (Å²) in [6.07, 6.45) is -1.56. The average Bonchev–Trinajstić information content (AvgIpc) is 2.20. The fourth-order valence-electron chi connectivity index (χ4n) is 0.933. The molecule has 0 amide bonds. The zero-order valence-corrected chi connectivity index (χ0v) is 9.44. The minimum Gasteiger partial charge on any atom is -0.462 e. The van der Waals surface area contributed by atoms with Crippen LogP contribution in [0.1, 0.15) is 13.3 Å². The van der Waals surface area contributed by atoms with Crippen LogP contribution in [0.4, 0.5) is 0 Å². The van der Waals surface area contributed by atoms with Crippen molar-refractivity contribution in [3.8, 4) is 5.75 Å². The number of benzene rings is 1. The van der Waals surface area contributed by atoms with E-state index in [9.17, 15) is 10.2 Å². The Labute approximate surface area is 91.5 Å². The van der Waals surface area contributed by atoms with Gasteiger partial charge in [-0.1, -0.05) is 22.9 Å². The quantitative estimate of drug-likeness (QED) is 0.814. The van der Waals surface area contributed by atoms with Crippen LogP contribution in [-0.4, -0.2) is 22.6 Å². The monoisotopic (exact) mass is 260 g/mol. The van der Waals surface area contributed by atoms with Gasteiger partial charge in [0, 0.05) is 4.47 Å². The van der Waals surface area contributed by atoms with E-state index in [1.165, 1.54) is 0 Å². The van der Waals surface area contributed by atoms with Gasteiger partial charge in [-0.15, -0.1) is 0 Å². The molecule has 2 unspecified atom stereocenters. The largest absolute Gasteiger partial charge is 0.462 e. The average molecular weight is 261 g/mol. The van der Waals surface area contributed by atoms with Crippen LogP contribution in [0.5, 0.6) is 5.75 Å². The third-order valence-corrected chi connectivity index (χ3v) is 2.35. The van der Waals surface area contributed by atoms with Crippen molar-refractivity contribution in [1.82, 2.24) is 0 Å². The molecule has 78 valence electrons. The molecule has 0 aliphatic carbocycles. The molecule has 0 fully saturated rings. The zero-order chi connectivity index (χ0) is 10.6. The minimum atomic E-state index is -1.17. The molecule has 0 spiro atoms. The Balaban J connectivity index is 2.56. The smallest absolute Gasteiger partial charge is 0.223 e. The van der Waals surface area contributed by atoms with Crippen LogP contribution in [-0.2, 0) is 0 Å². The van der Waals surface area contributed by atoms with Gasteiger partial charge in [-0.2, -0.15) is 0 Å². The zero-order valence-electron chi connectivity index (χ0n) is 7.85. The first-order valence-electron chi connectivity index (χ1n) is 4.42. The summed E-state index contributed by atoms with van der Waals surface area (Å²) in [6, 6.07) is 7.05. The van der Waals surface area contributed by atoms with Crippen LogP contribution in [0, 0.1) is 0 Å². The summed E-state index contributed by atoms with van der Waals surface area (Å²) >= 11 is 3.29. The third kappa shape index (κ3) is 3.29. The second-order valence-corrected chi connectivity index (χ2v) is 3.85. The summed E-state index contributed by atoms with van der Waals surface area (Å²) in [5.74, 6) is 0.535. The lowest BCUT2D eigenvalue weighted by Gasteiger charge is -2.17. The van der Waals surface area contributed by atoms with Gasteiger partial charge >= 0.3 is 0 Å². The summed E-state index contributed by atoms with van der Waals surface area (Å²) in [4.78, 5) is 0. The molecule has 0 aliphatic rings. The number of hydrogen-bond donors (Lipinski definition) is 2. The Kier molecular flexibility index (Phi) is 4.38. The van der Waals surface area contributed by atoms with Crippen molar-refractivity contribution >= 4 is 15.9 Å². The van der Waals surface area contributed by atoms with Gasteiger partial charge in [-0.25, -0.2) is 0 Å². The van der Waals surface area contributed by atoms with E-state index in [2.05, 4.69) is 15.9 Å². The molecule has 0 saturated carbocycles. The molecule has 0 aliphatic heterocycles. The van der Waals surface area contributed by atoms with Crippen molar-refractivity contribution in [3.05, 3.63) is 28.7 Å². The standard InChI is InChI=1S/C10H13BrO3/c1-2-9(12)10(13)14-8-5-3-7(11)4-6-8/h3-6,9-10,12-13H,2H2,1H3. The van der Waals surface area contributed by atoms with Gasteiger partial charge in [0.2, 0.25) is 6.29 Å². The normalized spacial score (nSPS) is 14.9. The third-order valence-electron chi connectivity index (χ3n) is 1.82. The van der Waals surface area contributed by atoms with E-state index < -0.39 is 12.4 Å². The van der Waals surface area contributed by atoms with Crippen LogP contribution in [0.3, 0.4) is 0 Å². The van der Waals surface area contributed by atoms with Gasteiger partial charge < -0.3 is 14.9 Å². The Morgan fingerprint density at radius 3 is 2.36 bits per heavy atom. The van der Waals surface area contributed by atoms with Crippen LogP contribution in [0.25, 0.3) is 0 Å². The highest BCUT2D eigenvalue weighted by molar-refractivity contribution is 9.10. The number of ether oxygens (including phenoxy) is 1. The van der Waals surface area contributed by atoms with Gasteiger partial charge in [-0.3, -0.25) is 0 Å². The van der Waals surface area contributed by atoms with E-state index >= 15 is 0 Å². The van der Waals surface area contributed by atoms with E-state index in [-0.39, 0.29) is 0 Å². The molecule has 4 heteroatoms. The van der Waals surface area contributed by atoms with Crippen molar-refractivity contribution < 1.29 is 14.9 Å². The molecule has 2 N–H and O–H groups in total. The maximum absolute atomic E-state index is 9.36. The van der Waals surface area contributed by atoms with Crippen LogP contribution in [0.15, 0.2) is 28.7 Å². The van der Waals surface area contributed by atoms with Gasteiger partial charge in [0.15, 0.2) is 0 Å². The fraction of sp³-hybridized carbons (Fsp3) is 0.400. The van der Waals surface area contributed by atoms with Crippen molar-refractivity contribution in [2.45, 2.75) is 25.7 Å². The van der Waals surface area contributed by atoms with Crippen molar-refractivity contribution in [1.29, 1.82) is 0 Å². The topological polar surface area (TPSA) is 49.7 Å². The van der Waals surface area contributed by atoms with Crippen molar-refractivity contribution in [2.24, 2.45) is 0 Å². The molecular formula is C10H13BrO3. The number of halogens is 1. The van der Waals surface area contributed by atoms with Crippen molar-refractivity contribution in [3.63, 3.8) is 0 Å². The summed E-state index contributed by atoms with van der Waals surface area (Å²) < 4.78 is 6.05. The van der Waals surface area contributed by atoms with E-state index in [1.54, 1.807) is 31.2 Å². The maximum Gasteiger partial charge on any atom is 0.223 e.